The average molecular weight is 730 g/mol. The summed E-state index contributed by atoms with van der Waals surface area (Å²) in [6, 6.07) is 26.6. The van der Waals surface area contributed by atoms with Gasteiger partial charge in [0.15, 0.2) is 5.82 Å². The van der Waals surface area contributed by atoms with Crippen molar-refractivity contribution in [2.75, 3.05) is 11.8 Å². The minimum Gasteiger partial charge on any atom is -0.497 e. The van der Waals surface area contributed by atoms with E-state index in [0.717, 1.165) is 62.5 Å². The van der Waals surface area contributed by atoms with Crippen molar-refractivity contribution in [3.05, 3.63) is 108 Å². The topological polar surface area (TPSA) is 150 Å². The molecule has 0 radical (unpaired) electrons. The summed E-state index contributed by atoms with van der Waals surface area (Å²) in [4.78, 5) is 27.5. The molecule has 2 amide bonds. The second-order valence-electron chi connectivity index (χ2n) is 13.3. The number of benzene rings is 3. The van der Waals surface area contributed by atoms with Crippen LogP contribution in [0.3, 0.4) is 0 Å². The molecule has 4 aromatic rings. The van der Waals surface area contributed by atoms with E-state index in [1.54, 1.807) is 12.1 Å². The van der Waals surface area contributed by atoms with Crippen molar-refractivity contribution >= 4 is 27.7 Å². The van der Waals surface area contributed by atoms with Crippen molar-refractivity contribution in [2.24, 2.45) is 0 Å². The maximum Gasteiger partial charge on any atom is 0.269 e. The molecule has 1 heterocycles. The molecule has 6 rings (SSSR count). The van der Waals surface area contributed by atoms with Gasteiger partial charge in [-0.2, -0.15) is 5.10 Å². The van der Waals surface area contributed by atoms with Gasteiger partial charge in [0.1, 0.15) is 18.0 Å². The van der Waals surface area contributed by atoms with Gasteiger partial charge in [-0.3, -0.25) is 14.3 Å². The maximum atomic E-state index is 13.9. The fourth-order valence-electron chi connectivity index (χ4n) is 6.83. The first kappa shape index (κ1) is 37.1. The molecule has 1 aromatic heterocycles. The van der Waals surface area contributed by atoms with Crippen LogP contribution < -0.4 is 20.1 Å². The molecule has 2 saturated carbocycles. The van der Waals surface area contributed by atoms with Crippen LogP contribution in [0, 0.1) is 0 Å². The van der Waals surface area contributed by atoms with E-state index in [1.807, 2.05) is 60.7 Å². The van der Waals surface area contributed by atoms with Crippen LogP contribution in [0.1, 0.15) is 73.0 Å². The molecule has 2 fully saturated rings. The normalized spacial score (nSPS) is 20.5. The second kappa shape index (κ2) is 17.7. The quantitative estimate of drug-likeness (QED) is 0.143. The third kappa shape index (κ3) is 9.99. The number of hydrogen-bond acceptors (Lipinski definition) is 8. The molecule has 3 aromatic carbocycles. The maximum absolute atomic E-state index is 13.9. The van der Waals surface area contributed by atoms with Crippen LogP contribution in [-0.2, 0) is 44.1 Å². The Bertz CT molecular complexity index is 1870. The van der Waals surface area contributed by atoms with E-state index in [4.69, 9.17) is 14.2 Å². The summed E-state index contributed by atoms with van der Waals surface area (Å²) in [5.41, 5.74) is 2.15. The molecule has 4 atom stereocenters. The van der Waals surface area contributed by atoms with Crippen molar-refractivity contribution < 1.29 is 32.2 Å². The van der Waals surface area contributed by atoms with Crippen LogP contribution in [0.5, 0.6) is 5.75 Å². The van der Waals surface area contributed by atoms with E-state index in [0.29, 0.717) is 19.0 Å². The average Bonchev–Trinajstić information content (AvgIpc) is 3.55. The summed E-state index contributed by atoms with van der Waals surface area (Å²) in [5, 5.41) is 10.6. The number of sulfonamides is 1. The van der Waals surface area contributed by atoms with E-state index < -0.39 is 15.9 Å². The monoisotopic (exact) mass is 729 g/mol. The lowest BCUT2D eigenvalue weighted by atomic mass is 9.92. The number of rotatable bonds is 15. The summed E-state index contributed by atoms with van der Waals surface area (Å²) >= 11 is 0. The Labute approximate surface area is 305 Å². The fourth-order valence-corrected chi connectivity index (χ4v) is 7.82. The summed E-state index contributed by atoms with van der Waals surface area (Å²) < 4.78 is 48.0. The van der Waals surface area contributed by atoms with E-state index in [2.05, 4.69) is 20.5 Å². The van der Waals surface area contributed by atoms with Crippen LogP contribution in [0.25, 0.3) is 0 Å². The Kier molecular flexibility index (Phi) is 12.6. The van der Waals surface area contributed by atoms with Crippen molar-refractivity contribution in [1.82, 2.24) is 20.4 Å². The smallest absolute Gasteiger partial charge is 0.269 e. The third-order valence-electron chi connectivity index (χ3n) is 9.60. The summed E-state index contributed by atoms with van der Waals surface area (Å²) in [5.74, 6) is -0.413. The van der Waals surface area contributed by atoms with Gasteiger partial charge < -0.3 is 24.8 Å². The molecule has 0 saturated heterocycles. The SMILES string of the molecule is COc1ccc(S(=O)(=O)Nc2cc(C(=O)N[C@H]3CCCC[C@@H]3OCc3ccccc3)n(CC(=O)N[C@H]3CCCC[C@@H]3OCc3ccccc3)n2)cc1. The standard InChI is InChI=1S/C39H47N5O7S/c1-49-30-20-22-31(23-21-30)52(47,48)43-37-24-34(39(46)41-33-17-9-11-19-36(33)51-27-29-14-6-3-7-15-29)44(42-37)25-38(45)40-32-16-8-10-18-35(32)50-26-28-12-4-2-5-13-28/h2-7,12-15,20-24,32-33,35-36H,8-11,16-19,25-27H2,1H3,(H,40,45)(H,41,46)(H,42,43)/t32-,33-,35-,36-/m0/s1. The number of nitrogens with zero attached hydrogens (tertiary/aromatic N) is 2. The lowest BCUT2D eigenvalue weighted by Crippen LogP contribution is -2.48. The number of ether oxygens (including phenoxy) is 3. The number of hydrogen-bond donors (Lipinski definition) is 3. The van der Waals surface area contributed by atoms with E-state index in [1.165, 1.54) is 30.0 Å². The molecule has 0 spiro atoms. The van der Waals surface area contributed by atoms with Crippen molar-refractivity contribution in [2.45, 2.75) is 100 Å². The zero-order valence-corrected chi connectivity index (χ0v) is 30.2. The Morgan fingerprint density at radius 2 is 1.29 bits per heavy atom. The predicted octanol–water partition coefficient (Wildman–Crippen LogP) is 5.59. The number of nitrogens with one attached hydrogen (secondary N) is 3. The Hall–Kier alpha value is -4.72. The van der Waals surface area contributed by atoms with Gasteiger partial charge in [-0.15, -0.1) is 0 Å². The van der Waals surface area contributed by atoms with Crippen molar-refractivity contribution in [1.29, 1.82) is 0 Å². The minimum atomic E-state index is -4.08. The first-order chi connectivity index (χ1) is 25.3. The highest BCUT2D eigenvalue weighted by Gasteiger charge is 2.31. The van der Waals surface area contributed by atoms with Crippen LogP contribution in [0.2, 0.25) is 0 Å². The lowest BCUT2D eigenvalue weighted by Gasteiger charge is -2.32. The largest absolute Gasteiger partial charge is 0.497 e. The zero-order chi connectivity index (χ0) is 36.3. The van der Waals surface area contributed by atoms with Gasteiger partial charge >= 0.3 is 0 Å². The van der Waals surface area contributed by atoms with Gasteiger partial charge in [0.05, 0.1) is 49.5 Å². The van der Waals surface area contributed by atoms with Crippen LogP contribution in [0.15, 0.2) is 95.9 Å². The molecule has 13 heteroatoms. The first-order valence-electron chi connectivity index (χ1n) is 17.9. The highest BCUT2D eigenvalue weighted by molar-refractivity contribution is 7.92. The molecule has 12 nitrogen and oxygen atoms in total. The van der Waals surface area contributed by atoms with Gasteiger partial charge in [0, 0.05) is 6.07 Å². The van der Waals surface area contributed by atoms with E-state index in [9.17, 15) is 18.0 Å². The number of carbonyl (C=O) groups is 2. The van der Waals surface area contributed by atoms with Gasteiger partial charge in [0.2, 0.25) is 5.91 Å². The molecule has 2 aliphatic carbocycles. The molecular formula is C39H47N5O7S. The van der Waals surface area contributed by atoms with Gasteiger partial charge in [0.25, 0.3) is 15.9 Å². The number of anilines is 1. The minimum absolute atomic E-state index is 0.00829. The van der Waals surface area contributed by atoms with E-state index in [-0.39, 0.29) is 53.2 Å². The predicted molar refractivity (Wildman–Crippen MR) is 196 cm³/mol. The van der Waals surface area contributed by atoms with Gasteiger partial charge in [-0.25, -0.2) is 13.1 Å². The molecule has 2 aliphatic rings. The van der Waals surface area contributed by atoms with Crippen LogP contribution >= 0.6 is 0 Å². The Balaban J connectivity index is 1.18. The molecule has 3 N–H and O–H groups in total. The second-order valence-corrected chi connectivity index (χ2v) is 15.0. The molecule has 52 heavy (non-hydrogen) atoms. The summed E-state index contributed by atoms with van der Waals surface area (Å²) in [7, 11) is -2.58. The van der Waals surface area contributed by atoms with Gasteiger partial charge in [-0.05, 0) is 61.1 Å². The highest BCUT2D eigenvalue weighted by Crippen LogP contribution is 2.25. The van der Waals surface area contributed by atoms with Gasteiger partial charge in [-0.1, -0.05) is 86.3 Å². The number of aromatic nitrogens is 2. The van der Waals surface area contributed by atoms with E-state index >= 15 is 0 Å². The third-order valence-corrected chi connectivity index (χ3v) is 11.0. The van der Waals surface area contributed by atoms with Crippen molar-refractivity contribution in [3.63, 3.8) is 0 Å². The molecule has 0 bridgehead atoms. The highest BCUT2D eigenvalue weighted by atomic mass is 32.2. The Morgan fingerprint density at radius 1 is 0.750 bits per heavy atom. The molecule has 0 unspecified atom stereocenters. The molecule has 0 aliphatic heterocycles. The first-order valence-corrected chi connectivity index (χ1v) is 19.4. The van der Waals surface area contributed by atoms with Crippen LogP contribution in [-0.4, -0.2) is 61.4 Å². The van der Waals surface area contributed by atoms with Crippen LogP contribution in [0.4, 0.5) is 5.82 Å². The summed E-state index contributed by atoms with van der Waals surface area (Å²) in [6.07, 6.45) is 6.61. The molecular weight excluding hydrogens is 683 g/mol. The number of carbonyl (C=O) groups excluding carboxylic acids is 2. The Morgan fingerprint density at radius 3 is 1.85 bits per heavy atom. The number of methoxy groups -OCH3 is 1. The van der Waals surface area contributed by atoms with Crippen molar-refractivity contribution in [3.8, 4) is 5.75 Å². The fraction of sp³-hybridized carbons (Fsp3) is 0.410. The molecule has 276 valence electrons. The number of amides is 2. The zero-order valence-electron chi connectivity index (χ0n) is 29.4. The lowest BCUT2D eigenvalue weighted by molar-refractivity contribution is -0.124. The summed E-state index contributed by atoms with van der Waals surface area (Å²) in [6.45, 7) is 0.564.